The number of amides is 2. The second-order valence-corrected chi connectivity index (χ2v) is 6.24. The summed E-state index contributed by atoms with van der Waals surface area (Å²) in [6, 6.07) is -0.312. The van der Waals surface area contributed by atoms with Gasteiger partial charge in [-0.2, -0.15) is 0 Å². The predicted molar refractivity (Wildman–Crippen MR) is 68.9 cm³/mol. The first-order valence-electron chi connectivity index (χ1n) is 6.69. The van der Waals surface area contributed by atoms with E-state index < -0.39 is 11.5 Å². The van der Waals surface area contributed by atoms with Crippen LogP contribution in [0, 0.1) is 5.92 Å². The van der Waals surface area contributed by atoms with Gasteiger partial charge in [-0.05, 0) is 39.5 Å². The Labute approximate surface area is 113 Å². The third kappa shape index (κ3) is 3.00. The fourth-order valence-electron chi connectivity index (χ4n) is 2.48. The van der Waals surface area contributed by atoms with E-state index in [1.807, 2.05) is 13.8 Å². The summed E-state index contributed by atoms with van der Waals surface area (Å²) >= 11 is 0. The van der Waals surface area contributed by atoms with E-state index in [2.05, 4.69) is 5.32 Å². The maximum Gasteiger partial charge on any atom is 0.329 e. The number of carbonyl (C=O) groups is 2. The molecule has 0 aromatic carbocycles. The number of carboxylic acids is 1. The van der Waals surface area contributed by atoms with Crippen LogP contribution in [-0.4, -0.2) is 52.8 Å². The van der Waals surface area contributed by atoms with Crippen molar-refractivity contribution in [2.75, 3.05) is 19.7 Å². The molecule has 0 aromatic heterocycles. The number of urea groups is 1. The Morgan fingerprint density at radius 1 is 1.42 bits per heavy atom. The highest BCUT2D eigenvalue weighted by Gasteiger charge is 2.49. The highest BCUT2D eigenvalue weighted by Crippen LogP contribution is 2.39. The maximum atomic E-state index is 12.2. The zero-order valence-corrected chi connectivity index (χ0v) is 11.7. The van der Waals surface area contributed by atoms with E-state index in [1.165, 1.54) is 0 Å². The van der Waals surface area contributed by atoms with Crippen molar-refractivity contribution in [3.8, 4) is 0 Å². The summed E-state index contributed by atoms with van der Waals surface area (Å²) in [6.45, 7) is 6.88. The second-order valence-electron chi connectivity index (χ2n) is 6.24. The van der Waals surface area contributed by atoms with Gasteiger partial charge in [-0.3, -0.25) is 0 Å². The number of nitrogens with one attached hydrogen (secondary N) is 1. The fourth-order valence-corrected chi connectivity index (χ4v) is 2.48. The number of aliphatic carboxylic acids is 1. The van der Waals surface area contributed by atoms with Crippen molar-refractivity contribution >= 4 is 12.0 Å². The van der Waals surface area contributed by atoms with Crippen LogP contribution in [-0.2, 0) is 9.53 Å². The maximum absolute atomic E-state index is 12.2. The average molecular weight is 270 g/mol. The Morgan fingerprint density at radius 3 is 2.53 bits per heavy atom. The van der Waals surface area contributed by atoms with Gasteiger partial charge >= 0.3 is 12.0 Å². The quantitative estimate of drug-likeness (QED) is 0.803. The van der Waals surface area contributed by atoms with E-state index >= 15 is 0 Å². The molecule has 1 unspecified atom stereocenters. The fraction of sp³-hybridized carbons (Fsp3) is 0.846. The van der Waals surface area contributed by atoms with Crippen LogP contribution in [0.25, 0.3) is 0 Å². The molecule has 1 aliphatic heterocycles. The summed E-state index contributed by atoms with van der Waals surface area (Å²) in [5.74, 6) is -0.918. The van der Waals surface area contributed by atoms with Gasteiger partial charge < -0.3 is 20.1 Å². The molecule has 1 saturated carbocycles. The van der Waals surface area contributed by atoms with Gasteiger partial charge in [-0.25, -0.2) is 9.59 Å². The summed E-state index contributed by atoms with van der Waals surface area (Å²) in [4.78, 5) is 25.3. The number of carboxylic acid groups (broad SMARTS) is 1. The third-order valence-corrected chi connectivity index (χ3v) is 3.92. The van der Waals surface area contributed by atoms with Crippen LogP contribution in [0.2, 0.25) is 0 Å². The van der Waals surface area contributed by atoms with E-state index in [0.29, 0.717) is 19.7 Å². The van der Waals surface area contributed by atoms with Crippen molar-refractivity contribution in [1.29, 1.82) is 0 Å². The van der Waals surface area contributed by atoms with Gasteiger partial charge in [0.25, 0.3) is 0 Å². The van der Waals surface area contributed by atoms with Crippen molar-refractivity contribution in [2.24, 2.45) is 5.92 Å². The number of hydrogen-bond donors (Lipinski definition) is 2. The number of ether oxygens (including phenoxy) is 1. The molecule has 2 fully saturated rings. The number of nitrogens with zero attached hydrogens (tertiary/aromatic N) is 1. The first-order chi connectivity index (χ1) is 8.74. The van der Waals surface area contributed by atoms with Gasteiger partial charge in [-0.15, -0.1) is 0 Å². The van der Waals surface area contributed by atoms with Crippen LogP contribution in [0.5, 0.6) is 0 Å². The minimum atomic E-state index is -1.15. The molecule has 0 radical (unpaired) electrons. The van der Waals surface area contributed by atoms with E-state index in [4.69, 9.17) is 4.74 Å². The lowest BCUT2D eigenvalue weighted by Crippen LogP contribution is -2.61. The van der Waals surface area contributed by atoms with Crippen LogP contribution in [0.1, 0.15) is 33.6 Å². The van der Waals surface area contributed by atoms with Crippen molar-refractivity contribution in [3.05, 3.63) is 0 Å². The lowest BCUT2D eigenvalue weighted by atomic mass is 9.96. The van der Waals surface area contributed by atoms with Crippen LogP contribution in [0.15, 0.2) is 0 Å². The third-order valence-electron chi connectivity index (χ3n) is 3.92. The highest BCUT2D eigenvalue weighted by atomic mass is 16.5. The monoisotopic (exact) mass is 270 g/mol. The van der Waals surface area contributed by atoms with Crippen LogP contribution in [0.4, 0.5) is 4.79 Å². The SMILES string of the molecule is CC1(C)CN(C(=O)NC(C)(C(=O)O)C2CC2)CCO1. The van der Waals surface area contributed by atoms with Crippen molar-refractivity contribution in [3.63, 3.8) is 0 Å². The van der Waals surface area contributed by atoms with Crippen molar-refractivity contribution < 1.29 is 19.4 Å². The Bertz CT molecular complexity index is 392. The Balaban J connectivity index is 2.01. The van der Waals surface area contributed by atoms with Gasteiger partial charge in [0.1, 0.15) is 5.54 Å². The Kier molecular flexibility index (Phi) is 3.47. The van der Waals surface area contributed by atoms with Crippen LogP contribution in [0.3, 0.4) is 0 Å². The highest BCUT2D eigenvalue weighted by molar-refractivity contribution is 5.86. The van der Waals surface area contributed by atoms with Crippen molar-refractivity contribution in [1.82, 2.24) is 10.2 Å². The molecule has 1 aliphatic carbocycles. The molecule has 1 saturated heterocycles. The first-order valence-corrected chi connectivity index (χ1v) is 6.69. The summed E-state index contributed by atoms with van der Waals surface area (Å²) in [6.07, 6.45) is 1.72. The molecule has 1 atom stereocenters. The minimum Gasteiger partial charge on any atom is -0.480 e. The summed E-state index contributed by atoms with van der Waals surface area (Å²) in [5, 5.41) is 12.0. The number of morpholine rings is 1. The second kappa shape index (κ2) is 4.67. The molecule has 2 N–H and O–H groups in total. The molecular formula is C13H22N2O4. The zero-order chi connectivity index (χ0) is 14.3. The molecule has 6 heteroatoms. The molecule has 0 spiro atoms. The van der Waals surface area contributed by atoms with Gasteiger partial charge in [0, 0.05) is 6.54 Å². The smallest absolute Gasteiger partial charge is 0.329 e. The first kappa shape index (κ1) is 14.1. The molecule has 0 bridgehead atoms. The molecule has 2 amide bonds. The summed E-state index contributed by atoms with van der Waals surface area (Å²) in [5.41, 5.74) is -1.53. The molecule has 0 aromatic rings. The summed E-state index contributed by atoms with van der Waals surface area (Å²) in [7, 11) is 0. The molecule has 19 heavy (non-hydrogen) atoms. The largest absolute Gasteiger partial charge is 0.480 e. The molecular weight excluding hydrogens is 248 g/mol. The minimum absolute atomic E-state index is 0.0444. The lowest BCUT2D eigenvalue weighted by molar-refractivity contribution is -0.144. The molecule has 2 aliphatic rings. The zero-order valence-electron chi connectivity index (χ0n) is 11.7. The predicted octanol–water partition coefficient (Wildman–Crippen LogP) is 1.06. The number of carbonyl (C=O) groups excluding carboxylic acids is 1. The standard InChI is InChI=1S/C13H22N2O4/c1-12(2)8-15(6-7-19-12)11(18)14-13(3,10(16)17)9-4-5-9/h9H,4-8H2,1-3H3,(H,14,18)(H,16,17). The van der Waals surface area contributed by atoms with Gasteiger partial charge in [0.2, 0.25) is 0 Å². The number of hydrogen-bond acceptors (Lipinski definition) is 3. The van der Waals surface area contributed by atoms with E-state index in [-0.39, 0.29) is 17.6 Å². The molecule has 2 rings (SSSR count). The van der Waals surface area contributed by atoms with Gasteiger partial charge in [0.05, 0.1) is 18.8 Å². The van der Waals surface area contributed by atoms with Crippen LogP contribution < -0.4 is 5.32 Å². The number of rotatable bonds is 3. The van der Waals surface area contributed by atoms with E-state index in [1.54, 1.807) is 11.8 Å². The average Bonchev–Trinajstić information content (AvgIpc) is 3.11. The van der Waals surface area contributed by atoms with E-state index in [0.717, 1.165) is 12.8 Å². The summed E-state index contributed by atoms with van der Waals surface area (Å²) < 4.78 is 5.55. The van der Waals surface area contributed by atoms with Crippen molar-refractivity contribution in [2.45, 2.75) is 44.8 Å². The Morgan fingerprint density at radius 2 is 2.05 bits per heavy atom. The van der Waals surface area contributed by atoms with Gasteiger partial charge in [0.15, 0.2) is 0 Å². The Hall–Kier alpha value is -1.30. The topological polar surface area (TPSA) is 78.9 Å². The molecule has 6 nitrogen and oxygen atoms in total. The normalized spacial score (nSPS) is 25.5. The van der Waals surface area contributed by atoms with Gasteiger partial charge in [-0.1, -0.05) is 0 Å². The molecule has 108 valence electrons. The lowest BCUT2D eigenvalue weighted by Gasteiger charge is -2.39. The molecule has 1 heterocycles. The van der Waals surface area contributed by atoms with E-state index in [9.17, 15) is 14.7 Å². The van der Waals surface area contributed by atoms with Crippen LogP contribution >= 0.6 is 0 Å².